The molecule has 0 spiro atoms. The molecule has 6 nitrogen and oxygen atoms in total. The Morgan fingerprint density at radius 3 is 2.53 bits per heavy atom. The number of benzene rings is 3. The molecule has 0 radical (unpaired) electrons. The van der Waals surface area contributed by atoms with Crippen LogP contribution >= 0.6 is 15.9 Å². The van der Waals surface area contributed by atoms with Gasteiger partial charge >= 0.3 is 0 Å². The summed E-state index contributed by atoms with van der Waals surface area (Å²) in [7, 11) is 0. The Morgan fingerprint density at radius 1 is 1.00 bits per heavy atom. The van der Waals surface area contributed by atoms with Gasteiger partial charge in [-0.15, -0.1) is 0 Å². The summed E-state index contributed by atoms with van der Waals surface area (Å²) in [6.45, 7) is 3.43. The highest BCUT2D eigenvalue weighted by molar-refractivity contribution is 9.10. The average Bonchev–Trinajstić information content (AvgIpc) is 2.72. The highest BCUT2D eigenvalue weighted by Gasteiger charge is 2.08. The van der Waals surface area contributed by atoms with Gasteiger partial charge in [0.2, 0.25) is 5.91 Å². The van der Waals surface area contributed by atoms with Crippen LogP contribution in [0.25, 0.3) is 10.8 Å². The van der Waals surface area contributed by atoms with E-state index in [1.54, 1.807) is 6.92 Å². The number of carbonyl (C=O) groups excluding carboxylic acids is 2. The largest absolute Gasteiger partial charge is 0.484 e. The second-order valence-electron chi connectivity index (χ2n) is 6.86. The first-order valence-electron chi connectivity index (χ1n) is 9.40. The third-order valence-corrected chi connectivity index (χ3v) is 4.83. The number of rotatable bonds is 7. The van der Waals surface area contributed by atoms with Crippen molar-refractivity contribution in [2.75, 3.05) is 11.9 Å². The van der Waals surface area contributed by atoms with Crippen molar-refractivity contribution in [1.82, 2.24) is 5.43 Å². The first kappa shape index (κ1) is 21.5. The molecule has 0 bridgehead atoms. The molecule has 0 unspecified atom stereocenters. The molecule has 0 aliphatic rings. The van der Waals surface area contributed by atoms with Gasteiger partial charge < -0.3 is 10.1 Å². The maximum absolute atomic E-state index is 12.2. The number of carbonyl (C=O) groups is 2. The summed E-state index contributed by atoms with van der Waals surface area (Å²) >= 11 is 3.39. The number of nitrogens with one attached hydrogen (secondary N) is 2. The number of halogens is 1. The van der Waals surface area contributed by atoms with Crippen molar-refractivity contribution in [3.8, 4) is 5.75 Å². The summed E-state index contributed by atoms with van der Waals surface area (Å²) in [4.78, 5) is 24.2. The molecule has 2 amide bonds. The molecular formula is C23H22BrN3O3. The van der Waals surface area contributed by atoms with E-state index in [2.05, 4.69) is 31.8 Å². The maximum Gasteiger partial charge on any atom is 0.277 e. The number of fused-ring (bicyclic) bond motifs is 1. The van der Waals surface area contributed by atoms with Crippen molar-refractivity contribution in [3.63, 3.8) is 0 Å². The van der Waals surface area contributed by atoms with Gasteiger partial charge in [0.1, 0.15) is 5.75 Å². The molecule has 0 aliphatic carbocycles. The molecule has 3 aromatic rings. The van der Waals surface area contributed by atoms with Gasteiger partial charge in [-0.1, -0.05) is 46.3 Å². The molecule has 0 aliphatic heterocycles. The van der Waals surface area contributed by atoms with E-state index in [4.69, 9.17) is 4.74 Å². The molecule has 0 fully saturated rings. The third-order valence-electron chi connectivity index (χ3n) is 4.34. The minimum Gasteiger partial charge on any atom is -0.484 e. The molecule has 0 saturated heterocycles. The SMILES string of the molecule is C/C(CC(=O)Nc1ccc(Br)cc1C)=N/NC(=O)COc1ccc2ccccc2c1. The lowest BCUT2D eigenvalue weighted by Gasteiger charge is -2.09. The monoisotopic (exact) mass is 467 g/mol. The van der Waals surface area contributed by atoms with Crippen molar-refractivity contribution in [1.29, 1.82) is 0 Å². The van der Waals surface area contributed by atoms with Crippen LogP contribution in [-0.2, 0) is 9.59 Å². The molecule has 0 aromatic heterocycles. The van der Waals surface area contributed by atoms with Gasteiger partial charge in [-0.25, -0.2) is 5.43 Å². The minimum absolute atomic E-state index is 0.0707. The lowest BCUT2D eigenvalue weighted by atomic mass is 10.1. The summed E-state index contributed by atoms with van der Waals surface area (Å²) in [6, 6.07) is 19.2. The van der Waals surface area contributed by atoms with Gasteiger partial charge in [-0.05, 0) is 60.5 Å². The van der Waals surface area contributed by atoms with Crippen molar-refractivity contribution in [2.24, 2.45) is 5.10 Å². The van der Waals surface area contributed by atoms with Gasteiger partial charge in [-0.2, -0.15) is 5.10 Å². The topological polar surface area (TPSA) is 79.8 Å². The van der Waals surface area contributed by atoms with Crippen molar-refractivity contribution in [3.05, 3.63) is 70.7 Å². The second kappa shape index (κ2) is 10.0. The van der Waals surface area contributed by atoms with Crippen molar-refractivity contribution < 1.29 is 14.3 Å². The van der Waals surface area contributed by atoms with Gasteiger partial charge in [-0.3, -0.25) is 9.59 Å². The molecular weight excluding hydrogens is 446 g/mol. The Labute approximate surface area is 183 Å². The zero-order valence-electron chi connectivity index (χ0n) is 16.7. The fraction of sp³-hybridized carbons (Fsp3) is 0.174. The summed E-state index contributed by atoms with van der Waals surface area (Å²) in [5, 5.41) is 8.95. The van der Waals surface area contributed by atoms with Crippen LogP contribution in [0, 0.1) is 6.92 Å². The summed E-state index contributed by atoms with van der Waals surface area (Å²) < 4.78 is 6.48. The predicted molar refractivity (Wildman–Crippen MR) is 123 cm³/mol. The fourth-order valence-corrected chi connectivity index (χ4v) is 3.31. The standard InChI is InChI=1S/C23H22BrN3O3/c1-15-11-19(24)8-10-21(15)25-22(28)12-16(2)26-27-23(29)14-30-20-9-7-17-5-3-4-6-18(17)13-20/h3-11,13H,12,14H2,1-2H3,(H,25,28)(H,27,29)/b26-16-. The van der Waals surface area contributed by atoms with E-state index in [1.807, 2.05) is 67.6 Å². The van der Waals surface area contributed by atoms with Crippen LogP contribution in [0.4, 0.5) is 5.69 Å². The van der Waals surface area contributed by atoms with Gasteiger partial charge in [0.25, 0.3) is 5.91 Å². The highest BCUT2D eigenvalue weighted by atomic mass is 79.9. The molecule has 7 heteroatoms. The first-order valence-corrected chi connectivity index (χ1v) is 10.2. The quantitative estimate of drug-likeness (QED) is 0.386. The number of anilines is 1. The number of nitrogens with zero attached hydrogens (tertiary/aromatic N) is 1. The number of amides is 2. The van der Waals surface area contributed by atoms with Crippen LogP contribution in [0.5, 0.6) is 5.75 Å². The molecule has 3 rings (SSSR count). The normalized spacial score (nSPS) is 11.2. The predicted octanol–water partition coefficient (Wildman–Crippen LogP) is 4.81. The van der Waals surface area contributed by atoms with E-state index >= 15 is 0 Å². The van der Waals surface area contributed by atoms with Gasteiger partial charge in [0.05, 0.1) is 6.42 Å². The van der Waals surface area contributed by atoms with Gasteiger partial charge in [0.15, 0.2) is 6.61 Å². The van der Waals surface area contributed by atoms with Crippen LogP contribution in [0.3, 0.4) is 0 Å². The molecule has 0 saturated carbocycles. The number of hydrogen-bond acceptors (Lipinski definition) is 4. The van der Waals surface area contributed by atoms with Crippen LogP contribution in [0.1, 0.15) is 18.9 Å². The Balaban J connectivity index is 1.46. The smallest absolute Gasteiger partial charge is 0.277 e. The molecule has 0 atom stereocenters. The molecule has 154 valence electrons. The van der Waals surface area contributed by atoms with E-state index in [-0.39, 0.29) is 18.9 Å². The average molecular weight is 468 g/mol. The first-order chi connectivity index (χ1) is 14.4. The zero-order chi connectivity index (χ0) is 21.5. The third kappa shape index (κ3) is 6.15. The van der Waals surface area contributed by atoms with E-state index in [0.29, 0.717) is 11.5 Å². The summed E-state index contributed by atoms with van der Waals surface area (Å²) in [5.74, 6) is 0.00352. The van der Waals surface area contributed by atoms with Crippen molar-refractivity contribution in [2.45, 2.75) is 20.3 Å². The number of aryl methyl sites for hydroxylation is 1. The minimum atomic E-state index is -0.397. The molecule has 3 aromatic carbocycles. The Bertz CT molecular complexity index is 1110. The summed E-state index contributed by atoms with van der Waals surface area (Å²) in [6.07, 6.45) is 0.0707. The molecule has 0 heterocycles. The van der Waals surface area contributed by atoms with Crippen LogP contribution in [-0.4, -0.2) is 24.1 Å². The Kier molecular flexibility index (Phi) is 7.19. The van der Waals surface area contributed by atoms with E-state index in [9.17, 15) is 9.59 Å². The lowest BCUT2D eigenvalue weighted by Crippen LogP contribution is -2.26. The Hall–Kier alpha value is -3.19. The van der Waals surface area contributed by atoms with Crippen LogP contribution in [0.2, 0.25) is 0 Å². The molecule has 2 N–H and O–H groups in total. The zero-order valence-corrected chi connectivity index (χ0v) is 18.3. The second-order valence-corrected chi connectivity index (χ2v) is 7.78. The number of ether oxygens (including phenoxy) is 1. The van der Waals surface area contributed by atoms with E-state index < -0.39 is 5.91 Å². The fourth-order valence-electron chi connectivity index (χ4n) is 2.83. The van der Waals surface area contributed by atoms with Gasteiger partial charge in [0, 0.05) is 15.9 Å². The lowest BCUT2D eigenvalue weighted by molar-refractivity contribution is -0.123. The van der Waals surface area contributed by atoms with Crippen molar-refractivity contribution >= 4 is 49.9 Å². The maximum atomic E-state index is 12.2. The Morgan fingerprint density at radius 2 is 1.77 bits per heavy atom. The van der Waals surface area contributed by atoms with E-state index in [0.717, 1.165) is 26.5 Å². The van der Waals surface area contributed by atoms with Crippen LogP contribution < -0.4 is 15.5 Å². The number of hydrazone groups is 1. The van der Waals surface area contributed by atoms with E-state index in [1.165, 1.54) is 0 Å². The summed E-state index contributed by atoms with van der Waals surface area (Å²) in [5.41, 5.74) is 4.59. The molecule has 30 heavy (non-hydrogen) atoms. The number of hydrogen-bond donors (Lipinski definition) is 2. The highest BCUT2D eigenvalue weighted by Crippen LogP contribution is 2.21. The van der Waals surface area contributed by atoms with Crippen LogP contribution in [0.15, 0.2) is 70.2 Å².